The van der Waals surface area contributed by atoms with Crippen molar-refractivity contribution in [2.45, 2.75) is 25.7 Å². The van der Waals surface area contributed by atoms with Crippen LogP contribution in [0.25, 0.3) is 17.2 Å². The second-order valence-electron chi connectivity index (χ2n) is 7.60. The average molecular weight is 398 g/mol. The molecule has 152 valence electrons. The van der Waals surface area contributed by atoms with Gasteiger partial charge in [0.2, 0.25) is 0 Å². The lowest BCUT2D eigenvalue weighted by molar-refractivity contribution is 0.144. The van der Waals surface area contributed by atoms with E-state index < -0.39 is 0 Å². The molecular formula is C27H27NO2. The highest BCUT2D eigenvalue weighted by Crippen LogP contribution is 2.44. The first-order chi connectivity index (χ1) is 14.8. The Labute approximate surface area is 178 Å². The van der Waals surface area contributed by atoms with Crippen molar-refractivity contribution in [2.75, 3.05) is 13.2 Å². The normalized spacial score (nSPS) is 12.6. The third-order valence-corrected chi connectivity index (χ3v) is 5.54. The smallest absolute Gasteiger partial charge is 0.407 e. The van der Waals surface area contributed by atoms with Gasteiger partial charge in [0.15, 0.2) is 0 Å². The number of carbonyl (C=O) groups is 1. The number of benzene rings is 3. The minimum absolute atomic E-state index is 0.0836. The van der Waals surface area contributed by atoms with E-state index in [-0.39, 0.29) is 12.0 Å². The second kappa shape index (κ2) is 9.45. The number of hydrogen-bond acceptors (Lipinski definition) is 2. The van der Waals surface area contributed by atoms with E-state index in [1.54, 1.807) is 0 Å². The van der Waals surface area contributed by atoms with Crippen LogP contribution in [-0.2, 0) is 11.2 Å². The molecule has 3 nitrogen and oxygen atoms in total. The summed E-state index contributed by atoms with van der Waals surface area (Å²) in [5, 5.41) is 2.81. The SMILES string of the molecule is CCCc1ccc(C=CCNC(=O)OCC2c3ccccc3-c3ccccc32)cc1. The molecule has 0 saturated carbocycles. The van der Waals surface area contributed by atoms with Gasteiger partial charge in [-0.05, 0) is 39.8 Å². The van der Waals surface area contributed by atoms with Crippen molar-refractivity contribution in [3.8, 4) is 11.1 Å². The molecule has 0 fully saturated rings. The molecule has 1 amide bonds. The summed E-state index contributed by atoms with van der Waals surface area (Å²) < 4.78 is 5.55. The van der Waals surface area contributed by atoms with Crippen LogP contribution < -0.4 is 5.32 Å². The van der Waals surface area contributed by atoms with E-state index in [0.29, 0.717) is 13.2 Å². The minimum Gasteiger partial charge on any atom is -0.449 e. The van der Waals surface area contributed by atoms with Crippen LogP contribution in [0.4, 0.5) is 4.79 Å². The lowest BCUT2D eigenvalue weighted by Gasteiger charge is -2.14. The van der Waals surface area contributed by atoms with Gasteiger partial charge in [-0.2, -0.15) is 0 Å². The standard InChI is InChI=1S/C27H27NO2/c1-2-8-20-14-16-21(17-15-20)9-7-18-28-27(29)30-19-26-24-12-5-3-10-22(24)23-11-4-6-13-25(23)26/h3-7,9-17,26H,2,8,18-19H2,1H3,(H,28,29). The molecule has 0 heterocycles. The minimum atomic E-state index is -0.389. The molecule has 0 radical (unpaired) electrons. The zero-order chi connectivity index (χ0) is 20.8. The largest absolute Gasteiger partial charge is 0.449 e. The van der Waals surface area contributed by atoms with Crippen molar-refractivity contribution in [2.24, 2.45) is 0 Å². The molecule has 0 aromatic heterocycles. The van der Waals surface area contributed by atoms with E-state index in [9.17, 15) is 4.79 Å². The predicted molar refractivity (Wildman–Crippen MR) is 123 cm³/mol. The number of amides is 1. The van der Waals surface area contributed by atoms with Gasteiger partial charge in [0.1, 0.15) is 6.61 Å². The first-order valence-electron chi connectivity index (χ1n) is 10.6. The summed E-state index contributed by atoms with van der Waals surface area (Å²) in [4.78, 5) is 12.2. The van der Waals surface area contributed by atoms with Gasteiger partial charge in [-0.15, -0.1) is 0 Å². The molecule has 1 N–H and O–H groups in total. The van der Waals surface area contributed by atoms with Gasteiger partial charge in [0, 0.05) is 12.5 Å². The molecule has 0 atom stereocenters. The van der Waals surface area contributed by atoms with Crippen molar-refractivity contribution in [1.82, 2.24) is 5.32 Å². The number of hydrogen-bond donors (Lipinski definition) is 1. The van der Waals surface area contributed by atoms with Crippen LogP contribution in [0, 0.1) is 0 Å². The fraction of sp³-hybridized carbons (Fsp3) is 0.222. The Morgan fingerprint density at radius 2 is 1.57 bits per heavy atom. The summed E-state index contributed by atoms with van der Waals surface area (Å²) in [6.07, 6.45) is 5.82. The maximum atomic E-state index is 12.2. The van der Waals surface area contributed by atoms with Crippen molar-refractivity contribution in [3.05, 3.63) is 101 Å². The summed E-state index contributed by atoms with van der Waals surface area (Å²) in [7, 11) is 0. The first-order valence-corrected chi connectivity index (χ1v) is 10.6. The molecule has 4 rings (SSSR count). The third-order valence-electron chi connectivity index (χ3n) is 5.54. The van der Waals surface area contributed by atoms with Crippen molar-refractivity contribution in [3.63, 3.8) is 0 Å². The summed E-state index contributed by atoms with van der Waals surface area (Å²) in [6.45, 7) is 2.96. The molecule has 1 aliphatic rings. The molecule has 1 aliphatic carbocycles. The Kier molecular flexibility index (Phi) is 6.29. The monoisotopic (exact) mass is 397 g/mol. The number of ether oxygens (including phenoxy) is 1. The highest BCUT2D eigenvalue weighted by Gasteiger charge is 2.28. The van der Waals surface area contributed by atoms with E-state index in [0.717, 1.165) is 18.4 Å². The van der Waals surface area contributed by atoms with Crippen LogP contribution in [0.3, 0.4) is 0 Å². The average Bonchev–Trinajstić information content (AvgIpc) is 3.10. The number of alkyl carbamates (subject to hydrolysis) is 1. The van der Waals surface area contributed by atoms with Crippen LogP contribution in [-0.4, -0.2) is 19.2 Å². The van der Waals surface area contributed by atoms with E-state index in [2.05, 4.69) is 72.9 Å². The van der Waals surface area contributed by atoms with E-state index in [1.807, 2.05) is 24.3 Å². The van der Waals surface area contributed by atoms with Crippen LogP contribution >= 0.6 is 0 Å². The van der Waals surface area contributed by atoms with Crippen LogP contribution in [0.5, 0.6) is 0 Å². The van der Waals surface area contributed by atoms with E-state index in [4.69, 9.17) is 4.74 Å². The van der Waals surface area contributed by atoms with Gasteiger partial charge in [-0.3, -0.25) is 0 Å². The van der Waals surface area contributed by atoms with Gasteiger partial charge in [-0.25, -0.2) is 4.79 Å². The Hall–Kier alpha value is -3.33. The van der Waals surface area contributed by atoms with Gasteiger partial charge < -0.3 is 10.1 Å². The van der Waals surface area contributed by atoms with Gasteiger partial charge in [0.25, 0.3) is 0 Å². The van der Waals surface area contributed by atoms with Crippen molar-refractivity contribution >= 4 is 12.2 Å². The van der Waals surface area contributed by atoms with Crippen LogP contribution in [0.15, 0.2) is 78.9 Å². The van der Waals surface area contributed by atoms with Crippen molar-refractivity contribution < 1.29 is 9.53 Å². The maximum absolute atomic E-state index is 12.2. The number of carbonyl (C=O) groups excluding carboxylic acids is 1. The summed E-state index contributed by atoms with van der Waals surface area (Å²) in [6, 6.07) is 25.2. The molecule has 3 aromatic carbocycles. The molecule has 0 aliphatic heterocycles. The number of nitrogens with one attached hydrogen (secondary N) is 1. The first kappa shape index (κ1) is 20.0. The fourth-order valence-electron chi connectivity index (χ4n) is 4.07. The van der Waals surface area contributed by atoms with Gasteiger partial charge >= 0.3 is 6.09 Å². The molecule has 3 heteroatoms. The number of rotatable bonds is 7. The highest BCUT2D eigenvalue weighted by molar-refractivity contribution is 5.79. The molecule has 0 spiro atoms. The Balaban J connectivity index is 1.29. The van der Waals surface area contributed by atoms with Crippen LogP contribution in [0.1, 0.15) is 41.5 Å². The van der Waals surface area contributed by atoms with Crippen molar-refractivity contribution in [1.29, 1.82) is 0 Å². The maximum Gasteiger partial charge on any atom is 0.407 e. The summed E-state index contributed by atoms with van der Waals surface area (Å²) in [5.74, 6) is 0.0836. The Morgan fingerprint density at radius 1 is 0.933 bits per heavy atom. The van der Waals surface area contributed by atoms with Crippen LogP contribution in [0.2, 0.25) is 0 Å². The molecule has 3 aromatic rings. The zero-order valence-electron chi connectivity index (χ0n) is 17.3. The summed E-state index contributed by atoms with van der Waals surface area (Å²) >= 11 is 0. The molecule has 0 bridgehead atoms. The van der Waals surface area contributed by atoms with Gasteiger partial charge in [0.05, 0.1) is 0 Å². The third kappa shape index (κ3) is 4.46. The topological polar surface area (TPSA) is 38.3 Å². The number of fused-ring (bicyclic) bond motifs is 3. The van der Waals surface area contributed by atoms with E-state index in [1.165, 1.54) is 27.8 Å². The van der Waals surface area contributed by atoms with Gasteiger partial charge in [-0.1, -0.05) is 98.3 Å². The number of aryl methyl sites for hydroxylation is 1. The van der Waals surface area contributed by atoms with E-state index >= 15 is 0 Å². The molecule has 0 unspecified atom stereocenters. The fourth-order valence-corrected chi connectivity index (χ4v) is 4.07. The molecule has 30 heavy (non-hydrogen) atoms. The quantitative estimate of drug-likeness (QED) is 0.516. The summed E-state index contributed by atoms with van der Waals surface area (Å²) in [5.41, 5.74) is 7.39. The predicted octanol–water partition coefficient (Wildman–Crippen LogP) is 6.19. The zero-order valence-corrected chi connectivity index (χ0v) is 17.3. The molecular weight excluding hydrogens is 370 g/mol. The highest BCUT2D eigenvalue weighted by atomic mass is 16.5. The Bertz CT molecular complexity index is 991. The molecule has 0 saturated heterocycles. The Morgan fingerprint density at radius 3 is 2.20 bits per heavy atom. The lowest BCUT2D eigenvalue weighted by atomic mass is 9.98. The second-order valence-corrected chi connectivity index (χ2v) is 7.60. The lowest BCUT2D eigenvalue weighted by Crippen LogP contribution is -2.26.